The monoisotopic (exact) mass is 530 g/mol. The molecular weight excluding hydrogens is 472 g/mol. The van der Waals surface area contributed by atoms with Crippen LogP contribution in [0.1, 0.15) is 131 Å². The van der Waals surface area contributed by atoms with Gasteiger partial charge in [-0.3, -0.25) is 0 Å². The maximum atomic E-state index is 9.79. The van der Waals surface area contributed by atoms with E-state index in [0.717, 1.165) is 38.5 Å². The first-order chi connectivity index (χ1) is 17.7. The van der Waals surface area contributed by atoms with Crippen LogP contribution in [0.25, 0.3) is 0 Å². The van der Waals surface area contributed by atoms with Gasteiger partial charge in [-0.05, 0) is 53.4 Å². The molecular formula is C30H58O7. The topological polar surface area (TPSA) is 86.6 Å². The van der Waals surface area contributed by atoms with E-state index in [1.807, 2.05) is 13.8 Å². The lowest BCUT2D eigenvalue weighted by atomic mass is 10.0. The molecule has 8 atom stereocenters. The Kier molecular flexibility index (Phi) is 14.9. The molecule has 0 spiro atoms. The van der Waals surface area contributed by atoms with Crippen LogP contribution in [0, 0.1) is 0 Å². The van der Waals surface area contributed by atoms with Crippen LogP contribution in [-0.2, 0) is 23.7 Å². The molecule has 2 saturated heterocycles. The van der Waals surface area contributed by atoms with E-state index in [0.29, 0.717) is 12.8 Å². The highest BCUT2D eigenvalue weighted by Crippen LogP contribution is 2.42. The van der Waals surface area contributed by atoms with Crippen molar-refractivity contribution in [3.63, 3.8) is 0 Å². The first kappa shape index (κ1) is 32.9. The zero-order valence-electron chi connectivity index (χ0n) is 24.7. The van der Waals surface area contributed by atoms with Crippen LogP contribution in [0.15, 0.2) is 0 Å². The molecule has 2 aliphatic heterocycles. The molecule has 37 heavy (non-hydrogen) atoms. The van der Waals surface area contributed by atoms with Gasteiger partial charge in [0, 0.05) is 12.8 Å². The zero-order chi connectivity index (χ0) is 27.3. The number of aliphatic hydroxyl groups excluding tert-OH is 2. The van der Waals surface area contributed by atoms with Crippen LogP contribution in [0.4, 0.5) is 0 Å². The molecule has 2 rings (SSSR count). The van der Waals surface area contributed by atoms with Crippen molar-refractivity contribution in [2.24, 2.45) is 0 Å². The molecule has 2 heterocycles. The Morgan fingerprint density at radius 1 is 0.676 bits per heavy atom. The van der Waals surface area contributed by atoms with Crippen molar-refractivity contribution in [3.05, 3.63) is 0 Å². The Hall–Kier alpha value is -0.280. The number of ether oxygens (including phenoxy) is 5. The van der Waals surface area contributed by atoms with Gasteiger partial charge in [0.05, 0.1) is 37.6 Å². The summed E-state index contributed by atoms with van der Waals surface area (Å²) in [7, 11) is 0. The fraction of sp³-hybridized carbons (Fsp3) is 1.00. The maximum absolute atomic E-state index is 9.79. The second kappa shape index (κ2) is 16.7. The number of hydrogen-bond acceptors (Lipinski definition) is 7. The molecule has 2 aliphatic rings. The summed E-state index contributed by atoms with van der Waals surface area (Å²) in [5.41, 5.74) is 0. The minimum Gasteiger partial charge on any atom is -0.394 e. The molecule has 0 radical (unpaired) electrons. The Morgan fingerprint density at radius 3 is 1.41 bits per heavy atom. The molecule has 0 aromatic rings. The Morgan fingerprint density at radius 2 is 1.08 bits per heavy atom. The van der Waals surface area contributed by atoms with Crippen molar-refractivity contribution >= 4 is 0 Å². The lowest BCUT2D eigenvalue weighted by Crippen LogP contribution is -2.53. The van der Waals surface area contributed by atoms with Crippen molar-refractivity contribution in [2.45, 2.75) is 180 Å². The minimum absolute atomic E-state index is 0.0256. The van der Waals surface area contributed by atoms with E-state index < -0.39 is 11.6 Å². The average molecular weight is 531 g/mol. The molecule has 2 fully saturated rings. The van der Waals surface area contributed by atoms with Gasteiger partial charge in [-0.25, -0.2) is 0 Å². The minimum atomic E-state index is -0.909. The number of rotatable bonds is 20. The summed E-state index contributed by atoms with van der Waals surface area (Å²) in [6.07, 6.45) is 13.2. The van der Waals surface area contributed by atoms with E-state index in [1.54, 1.807) is 0 Å². The normalized spacial score (nSPS) is 31.5. The lowest BCUT2D eigenvalue weighted by molar-refractivity contribution is -0.340. The SMILES string of the molecule is CCCCCCC(C)OC1(C(C)OC(C)C2(OC(C)CCCCCC)CCC(CO)O2)CCC(CO)O1. The second-order valence-corrected chi connectivity index (χ2v) is 11.5. The number of unbranched alkanes of at least 4 members (excludes halogenated alkanes) is 6. The molecule has 0 saturated carbocycles. The van der Waals surface area contributed by atoms with Gasteiger partial charge in [-0.15, -0.1) is 0 Å². The van der Waals surface area contributed by atoms with Crippen molar-refractivity contribution in [1.29, 1.82) is 0 Å². The molecule has 8 unspecified atom stereocenters. The first-order valence-corrected chi connectivity index (χ1v) is 15.3. The second-order valence-electron chi connectivity index (χ2n) is 11.5. The fourth-order valence-electron chi connectivity index (χ4n) is 5.77. The third-order valence-corrected chi connectivity index (χ3v) is 8.15. The summed E-state index contributed by atoms with van der Waals surface area (Å²) in [5.74, 6) is -1.82. The fourth-order valence-corrected chi connectivity index (χ4v) is 5.77. The van der Waals surface area contributed by atoms with Crippen LogP contribution >= 0.6 is 0 Å². The van der Waals surface area contributed by atoms with Gasteiger partial charge in [0.2, 0.25) is 0 Å². The highest BCUT2D eigenvalue weighted by atomic mass is 16.8. The van der Waals surface area contributed by atoms with Gasteiger partial charge in [-0.1, -0.05) is 65.2 Å². The van der Waals surface area contributed by atoms with Crippen molar-refractivity contribution in [1.82, 2.24) is 0 Å². The first-order valence-electron chi connectivity index (χ1n) is 15.3. The van der Waals surface area contributed by atoms with Gasteiger partial charge < -0.3 is 33.9 Å². The van der Waals surface area contributed by atoms with E-state index >= 15 is 0 Å². The predicted octanol–water partition coefficient (Wildman–Crippen LogP) is 6.27. The molecule has 7 heteroatoms. The van der Waals surface area contributed by atoms with Crippen molar-refractivity contribution in [2.75, 3.05) is 13.2 Å². The molecule has 220 valence electrons. The van der Waals surface area contributed by atoms with Gasteiger partial charge in [0.25, 0.3) is 0 Å². The van der Waals surface area contributed by atoms with E-state index in [2.05, 4.69) is 27.7 Å². The Bertz CT molecular complexity index is 554. The van der Waals surface area contributed by atoms with Gasteiger partial charge in [0.1, 0.15) is 12.2 Å². The lowest BCUT2D eigenvalue weighted by Gasteiger charge is -2.42. The predicted molar refractivity (Wildman–Crippen MR) is 146 cm³/mol. The number of aliphatic hydroxyl groups is 2. The van der Waals surface area contributed by atoms with Crippen LogP contribution in [0.3, 0.4) is 0 Å². The summed E-state index contributed by atoms with van der Waals surface area (Å²) in [5, 5.41) is 19.6. The van der Waals surface area contributed by atoms with E-state index in [-0.39, 0.29) is 49.8 Å². The highest BCUT2D eigenvalue weighted by Gasteiger charge is 2.52. The highest BCUT2D eigenvalue weighted by molar-refractivity contribution is 4.92. The Labute approximate surface area is 226 Å². The number of hydrogen-bond donors (Lipinski definition) is 2. The van der Waals surface area contributed by atoms with Gasteiger partial charge in [-0.2, -0.15) is 0 Å². The average Bonchev–Trinajstić information content (AvgIpc) is 3.50. The quantitative estimate of drug-likeness (QED) is 0.180. The van der Waals surface area contributed by atoms with Gasteiger partial charge >= 0.3 is 0 Å². The van der Waals surface area contributed by atoms with Crippen LogP contribution in [0.2, 0.25) is 0 Å². The van der Waals surface area contributed by atoms with E-state index in [9.17, 15) is 10.2 Å². The van der Waals surface area contributed by atoms with Crippen LogP contribution in [-0.4, -0.2) is 71.6 Å². The maximum Gasteiger partial charge on any atom is 0.195 e. The molecule has 2 N–H and O–H groups in total. The van der Waals surface area contributed by atoms with E-state index in [4.69, 9.17) is 23.7 Å². The summed E-state index contributed by atoms with van der Waals surface area (Å²) < 4.78 is 32.5. The summed E-state index contributed by atoms with van der Waals surface area (Å²) in [6, 6.07) is 0. The third kappa shape index (κ3) is 10.0. The molecule has 0 amide bonds. The van der Waals surface area contributed by atoms with E-state index in [1.165, 1.54) is 38.5 Å². The molecule has 0 aromatic carbocycles. The molecule has 0 bridgehead atoms. The van der Waals surface area contributed by atoms with Crippen LogP contribution in [0.5, 0.6) is 0 Å². The molecule has 7 nitrogen and oxygen atoms in total. The zero-order valence-corrected chi connectivity index (χ0v) is 24.7. The molecule has 0 aromatic heterocycles. The standard InChI is InChI=1S/C30H58O7/c1-7-9-11-13-15-23(3)34-29(19-17-27(21-31)36-29)25(5)33-26(6)30(20-18-28(22-32)37-30)35-24(4)16-14-12-10-8-2/h23-28,31-32H,7-22H2,1-6H3. The summed E-state index contributed by atoms with van der Waals surface area (Å²) in [6.45, 7) is 12.6. The smallest absolute Gasteiger partial charge is 0.195 e. The third-order valence-electron chi connectivity index (χ3n) is 8.15. The van der Waals surface area contributed by atoms with Gasteiger partial charge in [0.15, 0.2) is 11.6 Å². The largest absolute Gasteiger partial charge is 0.394 e. The van der Waals surface area contributed by atoms with Crippen molar-refractivity contribution in [3.8, 4) is 0 Å². The summed E-state index contributed by atoms with van der Waals surface area (Å²) >= 11 is 0. The summed E-state index contributed by atoms with van der Waals surface area (Å²) in [4.78, 5) is 0. The molecule has 0 aliphatic carbocycles. The van der Waals surface area contributed by atoms with Crippen LogP contribution < -0.4 is 0 Å². The Balaban J connectivity index is 2.08. The van der Waals surface area contributed by atoms with Crippen molar-refractivity contribution < 1.29 is 33.9 Å².